The second kappa shape index (κ2) is 11.2. The van der Waals surface area contributed by atoms with E-state index in [2.05, 4.69) is 16.0 Å². The summed E-state index contributed by atoms with van der Waals surface area (Å²) < 4.78 is 4.84. The van der Waals surface area contributed by atoms with Crippen molar-refractivity contribution in [3.63, 3.8) is 0 Å². The van der Waals surface area contributed by atoms with E-state index in [9.17, 15) is 19.2 Å². The van der Waals surface area contributed by atoms with Gasteiger partial charge in [0.1, 0.15) is 0 Å². The maximum Gasteiger partial charge on any atom is 0.321 e. The second-order valence-electron chi connectivity index (χ2n) is 6.32. The van der Waals surface area contributed by atoms with Gasteiger partial charge in [0.2, 0.25) is 0 Å². The van der Waals surface area contributed by atoms with Gasteiger partial charge < -0.3 is 15.4 Å². The number of esters is 1. The van der Waals surface area contributed by atoms with Crippen LogP contribution in [0.5, 0.6) is 0 Å². The van der Waals surface area contributed by atoms with Crippen molar-refractivity contribution >= 4 is 23.8 Å². The SMILES string of the molecule is CC(CC(=O)OCC(=O)NC(=O)NCc1ccccc1)NC(=O)c1ccccc1. The average Bonchev–Trinajstić information content (AvgIpc) is 2.72. The molecule has 2 rings (SSSR count). The summed E-state index contributed by atoms with van der Waals surface area (Å²) in [4.78, 5) is 47.2. The predicted octanol–water partition coefficient (Wildman–Crippen LogP) is 1.76. The molecule has 2 aromatic carbocycles. The zero-order valence-electron chi connectivity index (χ0n) is 16.0. The molecule has 152 valence electrons. The normalized spacial score (nSPS) is 11.1. The number of ether oxygens (including phenoxy) is 1. The highest BCUT2D eigenvalue weighted by Gasteiger charge is 2.16. The van der Waals surface area contributed by atoms with Gasteiger partial charge in [-0.3, -0.25) is 19.7 Å². The predicted molar refractivity (Wildman–Crippen MR) is 106 cm³/mol. The van der Waals surface area contributed by atoms with Crippen LogP contribution < -0.4 is 16.0 Å². The quantitative estimate of drug-likeness (QED) is 0.588. The number of amides is 4. The Morgan fingerprint density at radius 3 is 2.21 bits per heavy atom. The molecule has 8 nitrogen and oxygen atoms in total. The molecule has 0 spiro atoms. The summed E-state index contributed by atoms with van der Waals surface area (Å²) >= 11 is 0. The van der Waals surface area contributed by atoms with Gasteiger partial charge in [-0.05, 0) is 24.6 Å². The monoisotopic (exact) mass is 397 g/mol. The lowest BCUT2D eigenvalue weighted by molar-refractivity contribution is -0.148. The van der Waals surface area contributed by atoms with Crippen molar-refractivity contribution < 1.29 is 23.9 Å². The molecule has 0 bridgehead atoms. The Labute approximate surface area is 168 Å². The number of rotatable bonds is 8. The maximum atomic E-state index is 12.0. The van der Waals surface area contributed by atoms with E-state index in [0.717, 1.165) is 5.56 Å². The first-order chi connectivity index (χ1) is 13.9. The minimum atomic E-state index is -0.745. The van der Waals surface area contributed by atoms with Crippen molar-refractivity contribution in [2.75, 3.05) is 6.61 Å². The van der Waals surface area contributed by atoms with E-state index in [1.165, 1.54) is 0 Å². The van der Waals surface area contributed by atoms with Crippen LogP contribution in [0.15, 0.2) is 60.7 Å². The molecule has 1 unspecified atom stereocenters. The molecule has 0 saturated carbocycles. The van der Waals surface area contributed by atoms with Crippen LogP contribution in [0, 0.1) is 0 Å². The summed E-state index contributed by atoms with van der Waals surface area (Å²) in [6.07, 6.45) is -0.105. The minimum Gasteiger partial charge on any atom is -0.455 e. The van der Waals surface area contributed by atoms with Gasteiger partial charge in [-0.2, -0.15) is 0 Å². The molecule has 3 N–H and O–H groups in total. The average molecular weight is 397 g/mol. The maximum absolute atomic E-state index is 12.0. The van der Waals surface area contributed by atoms with Crippen LogP contribution in [0.1, 0.15) is 29.3 Å². The zero-order valence-corrected chi connectivity index (χ0v) is 16.0. The summed E-state index contributed by atoms with van der Waals surface area (Å²) in [5, 5.41) is 7.28. The van der Waals surface area contributed by atoms with E-state index in [1.54, 1.807) is 37.3 Å². The van der Waals surface area contributed by atoms with Crippen molar-refractivity contribution in [1.82, 2.24) is 16.0 Å². The molecule has 0 aliphatic carbocycles. The van der Waals surface area contributed by atoms with Gasteiger partial charge >= 0.3 is 12.0 Å². The van der Waals surface area contributed by atoms with E-state index >= 15 is 0 Å². The highest BCUT2D eigenvalue weighted by atomic mass is 16.5. The lowest BCUT2D eigenvalue weighted by Crippen LogP contribution is -2.41. The Kier molecular flexibility index (Phi) is 8.37. The van der Waals surface area contributed by atoms with E-state index in [1.807, 2.05) is 30.3 Å². The number of imide groups is 1. The Bertz CT molecular complexity index is 840. The largest absolute Gasteiger partial charge is 0.455 e. The van der Waals surface area contributed by atoms with Crippen LogP contribution in [-0.4, -0.2) is 36.5 Å². The molecule has 0 aliphatic heterocycles. The van der Waals surface area contributed by atoms with Crippen molar-refractivity contribution in [1.29, 1.82) is 0 Å². The van der Waals surface area contributed by atoms with Gasteiger partial charge in [0, 0.05) is 18.2 Å². The van der Waals surface area contributed by atoms with Crippen molar-refractivity contribution in [2.45, 2.75) is 25.9 Å². The molecule has 4 amide bonds. The summed E-state index contributed by atoms with van der Waals surface area (Å²) in [5.74, 6) is -1.71. The minimum absolute atomic E-state index is 0.105. The first kappa shape index (κ1) is 21.6. The summed E-state index contributed by atoms with van der Waals surface area (Å²) in [6.45, 7) is 1.33. The molecule has 29 heavy (non-hydrogen) atoms. The first-order valence-corrected chi connectivity index (χ1v) is 9.07. The number of nitrogens with one attached hydrogen (secondary N) is 3. The van der Waals surface area contributed by atoms with Crippen molar-refractivity contribution in [3.05, 3.63) is 71.8 Å². The van der Waals surface area contributed by atoms with Crippen LogP contribution in [0.3, 0.4) is 0 Å². The molecule has 2 aromatic rings. The molecule has 0 aliphatic rings. The summed E-state index contributed by atoms with van der Waals surface area (Å²) in [7, 11) is 0. The fraction of sp³-hybridized carbons (Fsp3) is 0.238. The van der Waals surface area contributed by atoms with Gasteiger partial charge in [-0.25, -0.2) is 4.79 Å². The standard InChI is InChI=1S/C21H23N3O5/c1-15(23-20(27)17-10-6-3-7-11-17)12-19(26)29-14-18(25)24-21(28)22-13-16-8-4-2-5-9-16/h2-11,15H,12-14H2,1H3,(H,23,27)(H2,22,24,25,28). The van der Waals surface area contributed by atoms with Gasteiger partial charge in [-0.1, -0.05) is 48.5 Å². The van der Waals surface area contributed by atoms with E-state index in [4.69, 9.17) is 4.74 Å². The number of carbonyl (C=O) groups is 4. The van der Waals surface area contributed by atoms with Gasteiger partial charge in [-0.15, -0.1) is 0 Å². The van der Waals surface area contributed by atoms with E-state index < -0.39 is 30.6 Å². The Morgan fingerprint density at radius 1 is 0.931 bits per heavy atom. The van der Waals surface area contributed by atoms with Gasteiger partial charge in [0.05, 0.1) is 6.42 Å². The fourth-order valence-corrected chi connectivity index (χ4v) is 2.39. The highest BCUT2D eigenvalue weighted by molar-refractivity contribution is 5.96. The Morgan fingerprint density at radius 2 is 1.55 bits per heavy atom. The molecule has 0 aromatic heterocycles. The third-order valence-corrected chi connectivity index (χ3v) is 3.80. The number of carbonyl (C=O) groups excluding carboxylic acids is 4. The van der Waals surface area contributed by atoms with Gasteiger partial charge in [0.15, 0.2) is 6.61 Å². The van der Waals surface area contributed by atoms with Gasteiger partial charge in [0.25, 0.3) is 11.8 Å². The molecule has 0 saturated heterocycles. The zero-order chi connectivity index (χ0) is 21.1. The van der Waals surface area contributed by atoms with Crippen LogP contribution in [0.2, 0.25) is 0 Å². The third kappa shape index (κ3) is 8.25. The van der Waals surface area contributed by atoms with Crippen molar-refractivity contribution in [3.8, 4) is 0 Å². The number of urea groups is 1. The van der Waals surface area contributed by atoms with Crippen LogP contribution in [0.25, 0.3) is 0 Å². The second-order valence-corrected chi connectivity index (χ2v) is 6.32. The number of benzene rings is 2. The molecule has 0 heterocycles. The highest BCUT2D eigenvalue weighted by Crippen LogP contribution is 2.01. The van der Waals surface area contributed by atoms with Crippen molar-refractivity contribution in [2.24, 2.45) is 0 Å². The topological polar surface area (TPSA) is 114 Å². The fourth-order valence-electron chi connectivity index (χ4n) is 2.39. The van der Waals surface area contributed by atoms with E-state index in [0.29, 0.717) is 5.56 Å². The molecular formula is C21H23N3O5. The lowest BCUT2D eigenvalue weighted by Gasteiger charge is -2.13. The first-order valence-electron chi connectivity index (χ1n) is 9.07. The smallest absolute Gasteiger partial charge is 0.321 e. The van der Waals surface area contributed by atoms with Crippen LogP contribution >= 0.6 is 0 Å². The number of hydrogen-bond acceptors (Lipinski definition) is 5. The Balaban J connectivity index is 1.64. The van der Waals surface area contributed by atoms with Crippen LogP contribution in [0.4, 0.5) is 4.79 Å². The molecule has 8 heteroatoms. The van der Waals surface area contributed by atoms with Crippen LogP contribution in [-0.2, 0) is 20.9 Å². The molecular weight excluding hydrogens is 374 g/mol. The number of hydrogen-bond donors (Lipinski definition) is 3. The van der Waals surface area contributed by atoms with E-state index in [-0.39, 0.29) is 18.9 Å². The third-order valence-electron chi connectivity index (χ3n) is 3.80. The Hall–Kier alpha value is -3.68. The molecule has 0 fully saturated rings. The summed E-state index contributed by atoms with van der Waals surface area (Å²) in [6, 6.07) is 16.6. The lowest BCUT2D eigenvalue weighted by atomic mass is 10.2. The molecule has 0 radical (unpaired) electrons. The molecule has 1 atom stereocenters. The summed E-state index contributed by atoms with van der Waals surface area (Å²) in [5.41, 5.74) is 1.36.